The summed E-state index contributed by atoms with van der Waals surface area (Å²) in [7, 11) is 0. The Morgan fingerprint density at radius 2 is 1.77 bits per heavy atom. The summed E-state index contributed by atoms with van der Waals surface area (Å²) in [4.78, 5) is 29.6. The van der Waals surface area contributed by atoms with Crippen molar-refractivity contribution in [1.82, 2.24) is 25.6 Å². The summed E-state index contributed by atoms with van der Waals surface area (Å²) in [6, 6.07) is 18.0. The van der Waals surface area contributed by atoms with Crippen LogP contribution in [0.25, 0.3) is 22.3 Å². The van der Waals surface area contributed by atoms with Crippen LogP contribution in [-0.2, 0) is 24.1 Å². The number of anilines is 1. The SMILES string of the molecule is C[C@@H]1CN(c2cccc(-c3ccc4cnc(CNC(=O)c5ccc6c(c5)CCNCC6)cc4n3)n2)C[C@H](C)O1. The molecule has 1 saturated heterocycles. The second-order valence-electron chi connectivity index (χ2n) is 10.5. The molecule has 2 aliphatic rings. The largest absolute Gasteiger partial charge is 0.372 e. The molecular formula is C31H34N6O2. The van der Waals surface area contributed by atoms with Crippen molar-refractivity contribution in [3.05, 3.63) is 83.2 Å². The monoisotopic (exact) mass is 522 g/mol. The van der Waals surface area contributed by atoms with Gasteiger partial charge in [-0.1, -0.05) is 12.1 Å². The number of nitrogens with zero attached hydrogens (tertiary/aromatic N) is 4. The van der Waals surface area contributed by atoms with E-state index in [1.807, 2.05) is 54.7 Å². The van der Waals surface area contributed by atoms with Gasteiger partial charge in [0.05, 0.1) is 41.4 Å². The first-order valence-corrected chi connectivity index (χ1v) is 13.8. The van der Waals surface area contributed by atoms with Crippen molar-refractivity contribution in [2.45, 2.75) is 45.4 Å². The molecule has 0 radical (unpaired) electrons. The van der Waals surface area contributed by atoms with Crippen molar-refractivity contribution < 1.29 is 9.53 Å². The quantitative estimate of drug-likeness (QED) is 0.410. The van der Waals surface area contributed by atoms with Crippen LogP contribution in [0.1, 0.15) is 41.0 Å². The molecule has 1 aromatic carbocycles. The van der Waals surface area contributed by atoms with Crippen LogP contribution in [-0.4, -0.2) is 59.2 Å². The summed E-state index contributed by atoms with van der Waals surface area (Å²) < 4.78 is 5.88. The van der Waals surface area contributed by atoms with Gasteiger partial charge in [0, 0.05) is 30.2 Å². The highest BCUT2D eigenvalue weighted by atomic mass is 16.5. The standard InChI is InChI=1S/C31H34N6O2/c1-20-18-37(19-21(2)39-20)30-5-3-4-27(36-30)28-9-8-25-16-33-26(15-29(25)35-28)17-34-31(38)24-7-6-22-10-12-32-13-11-23(22)14-24/h3-9,14-16,20-21,32H,10-13,17-19H2,1-2H3,(H,34,38)/t20-,21+. The molecule has 3 aromatic heterocycles. The fraction of sp³-hybridized carbons (Fsp3) is 0.355. The Kier molecular flexibility index (Phi) is 7.22. The van der Waals surface area contributed by atoms with E-state index in [2.05, 4.69) is 40.4 Å². The molecule has 8 nitrogen and oxygen atoms in total. The molecule has 4 aromatic rings. The minimum absolute atomic E-state index is 0.0913. The van der Waals surface area contributed by atoms with Gasteiger partial charge in [-0.2, -0.15) is 0 Å². The first kappa shape index (κ1) is 25.4. The van der Waals surface area contributed by atoms with Crippen molar-refractivity contribution in [1.29, 1.82) is 0 Å². The summed E-state index contributed by atoms with van der Waals surface area (Å²) in [5.74, 6) is 0.843. The van der Waals surface area contributed by atoms with Gasteiger partial charge in [-0.15, -0.1) is 0 Å². The fourth-order valence-corrected chi connectivity index (χ4v) is 5.49. The number of nitrogens with one attached hydrogen (secondary N) is 2. The van der Waals surface area contributed by atoms with Crippen LogP contribution in [0, 0.1) is 0 Å². The van der Waals surface area contributed by atoms with E-state index >= 15 is 0 Å². The van der Waals surface area contributed by atoms with Gasteiger partial charge in [0.15, 0.2) is 0 Å². The highest BCUT2D eigenvalue weighted by molar-refractivity contribution is 5.94. The van der Waals surface area contributed by atoms with E-state index in [1.54, 1.807) is 0 Å². The van der Waals surface area contributed by atoms with Gasteiger partial charge in [0.2, 0.25) is 0 Å². The maximum Gasteiger partial charge on any atom is 0.251 e. The molecule has 2 aliphatic heterocycles. The van der Waals surface area contributed by atoms with E-state index in [0.29, 0.717) is 12.1 Å². The number of pyridine rings is 3. The van der Waals surface area contributed by atoms with Gasteiger partial charge in [-0.3, -0.25) is 9.78 Å². The number of rotatable bonds is 5. The summed E-state index contributed by atoms with van der Waals surface area (Å²) >= 11 is 0. The van der Waals surface area contributed by atoms with Crippen LogP contribution in [0.4, 0.5) is 5.82 Å². The minimum Gasteiger partial charge on any atom is -0.372 e. The number of benzene rings is 1. The number of amides is 1. The van der Waals surface area contributed by atoms with Crippen LogP contribution in [0.3, 0.4) is 0 Å². The third-order valence-corrected chi connectivity index (χ3v) is 7.41. The third kappa shape index (κ3) is 5.77. The summed E-state index contributed by atoms with van der Waals surface area (Å²) in [5, 5.41) is 7.39. The van der Waals surface area contributed by atoms with E-state index < -0.39 is 0 Å². The number of hydrogen-bond acceptors (Lipinski definition) is 7. The van der Waals surface area contributed by atoms with Crippen molar-refractivity contribution in [3.63, 3.8) is 0 Å². The minimum atomic E-state index is -0.0913. The van der Waals surface area contributed by atoms with E-state index in [4.69, 9.17) is 14.7 Å². The summed E-state index contributed by atoms with van der Waals surface area (Å²) in [5.41, 5.74) is 6.48. The third-order valence-electron chi connectivity index (χ3n) is 7.41. The smallest absolute Gasteiger partial charge is 0.251 e. The molecule has 8 heteroatoms. The van der Waals surface area contributed by atoms with Crippen LogP contribution in [0.2, 0.25) is 0 Å². The average molecular weight is 523 g/mol. The number of aromatic nitrogens is 3. The summed E-state index contributed by atoms with van der Waals surface area (Å²) in [6.45, 7) is 8.08. The van der Waals surface area contributed by atoms with E-state index in [-0.39, 0.29) is 18.1 Å². The molecule has 2 N–H and O–H groups in total. The van der Waals surface area contributed by atoms with Crippen molar-refractivity contribution >= 4 is 22.6 Å². The van der Waals surface area contributed by atoms with Gasteiger partial charge >= 0.3 is 0 Å². The fourth-order valence-electron chi connectivity index (χ4n) is 5.49. The average Bonchev–Trinajstić information content (AvgIpc) is 3.20. The molecule has 0 unspecified atom stereocenters. The van der Waals surface area contributed by atoms with Gasteiger partial charge in [0.25, 0.3) is 5.91 Å². The second kappa shape index (κ2) is 11.1. The van der Waals surface area contributed by atoms with Gasteiger partial charge < -0.3 is 20.3 Å². The molecule has 0 aliphatic carbocycles. The molecule has 5 heterocycles. The maximum atomic E-state index is 12.9. The van der Waals surface area contributed by atoms with E-state index in [9.17, 15) is 4.79 Å². The molecular weight excluding hydrogens is 488 g/mol. The summed E-state index contributed by atoms with van der Waals surface area (Å²) in [6.07, 6.45) is 4.08. The van der Waals surface area contributed by atoms with Crippen molar-refractivity contribution in [2.75, 3.05) is 31.1 Å². The van der Waals surface area contributed by atoms with Gasteiger partial charge in [0.1, 0.15) is 5.82 Å². The number of morpholine rings is 1. The zero-order valence-corrected chi connectivity index (χ0v) is 22.5. The molecule has 0 saturated carbocycles. The predicted molar refractivity (Wildman–Crippen MR) is 153 cm³/mol. The molecule has 2 atom stereocenters. The Bertz CT molecular complexity index is 1500. The number of carbonyl (C=O) groups excluding carboxylic acids is 1. The van der Waals surface area contributed by atoms with E-state index in [0.717, 1.165) is 72.8 Å². The molecule has 39 heavy (non-hydrogen) atoms. The van der Waals surface area contributed by atoms with E-state index in [1.165, 1.54) is 11.1 Å². The van der Waals surface area contributed by atoms with Crippen LogP contribution in [0.5, 0.6) is 0 Å². The molecule has 6 rings (SSSR count). The topological polar surface area (TPSA) is 92.3 Å². The molecule has 0 spiro atoms. The zero-order chi connectivity index (χ0) is 26.8. The van der Waals surface area contributed by atoms with Crippen molar-refractivity contribution in [3.8, 4) is 11.4 Å². The lowest BCUT2D eigenvalue weighted by Gasteiger charge is -2.36. The lowest BCUT2D eigenvalue weighted by molar-refractivity contribution is -0.00545. The Morgan fingerprint density at radius 3 is 2.62 bits per heavy atom. The number of hydrogen-bond donors (Lipinski definition) is 2. The first-order valence-electron chi connectivity index (χ1n) is 13.8. The van der Waals surface area contributed by atoms with Crippen molar-refractivity contribution in [2.24, 2.45) is 0 Å². The Hall–Kier alpha value is -3.88. The molecule has 0 bridgehead atoms. The lowest BCUT2D eigenvalue weighted by atomic mass is 10.00. The Morgan fingerprint density at radius 1 is 0.974 bits per heavy atom. The molecule has 1 amide bonds. The molecule has 1 fully saturated rings. The highest BCUT2D eigenvalue weighted by Gasteiger charge is 2.23. The van der Waals surface area contributed by atoms with Crippen LogP contribution in [0.15, 0.2) is 60.8 Å². The maximum absolute atomic E-state index is 12.9. The highest BCUT2D eigenvalue weighted by Crippen LogP contribution is 2.24. The number of fused-ring (bicyclic) bond motifs is 2. The normalized spacial score (nSPS) is 19.4. The number of carbonyl (C=O) groups is 1. The van der Waals surface area contributed by atoms with Gasteiger partial charge in [-0.25, -0.2) is 9.97 Å². The lowest BCUT2D eigenvalue weighted by Crippen LogP contribution is -2.45. The van der Waals surface area contributed by atoms with Crippen LogP contribution < -0.4 is 15.5 Å². The Balaban J connectivity index is 1.18. The Labute approximate surface area is 228 Å². The van der Waals surface area contributed by atoms with Crippen LogP contribution >= 0.6 is 0 Å². The second-order valence-corrected chi connectivity index (χ2v) is 10.5. The van der Waals surface area contributed by atoms with Gasteiger partial charge in [-0.05, 0) is 93.4 Å². The predicted octanol–water partition coefficient (Wildman–Crippen LogP) is 3.92. The first-order chi connectivity index (χ1) is 19.0. The number of ether oxygens (including phenoxy) is 1. The zero-order valence-electron chi connectivity index (χ0n) is 22.5. The molecule has 200 valence electrons.